The molecule has 0 aliphatic heterocycles. The summed E-state index contributed by atoms with van der Waals surface area (Å²) in [6.45, 7) is 2.88. The lowest BCUT2D eigenvalue weighted by molar-refractivity contribution is 0.927. The molecular formula is C16H17N3. The average molecular weight is 251 g/mol. The van der Waals surface area contributed by atoms with Crippen molar-refractivity contribution < 1.29 is 0 Å². The minimum atomic E-state index is 0.789. The highest BCUT2D eigenvalue weighted by Gasteiger charge is 2.06. The van der Waals surface area contributed by atoms with Crippen LogP contribution in [0.25, 0.3) is 11.0 Å². The average Bonchev–Trinajstić information content (AvgIpc) is 2.74. The molecule has 96 valence electrons. The number of aryl methyl sites for hydroxylation is 2. The Bertz CT molecular complexity index is 699. The van der Waals surface area contributed by atoms with Crippen LogP contribution in [0.15, 0.2) is 48.5 Å². The number of anilines is 1. The molecule has 0 atom stereocenters. The van der Waals surface area contributed by atoms with E-state index in [1.807, 2.05) is 13.1 Å². The number of nitrogens with one attached hydrogen (secondary N) is 1. The Labute approximate surface area is 112 Å². The largest absolute Gasteiger partial charge is 0.352 e. The molecule has 0 unspecified atom stereocenters. The van der Waals surface area contributed by atoms with Crippen LogP contribution in [0.1, 0.15) is 11.1 Å². The van der Waals surface area contributed by atoms with Crippen molar-refractivity contribution in [3.05, 3.63) is 59.7 Å². The third-order valence-electron chi connectivity index (χ3n) is 3.33. The number of imidazole rings is 1. The van der Waals surface area contributed by atoms with Crippen molar-refractivity contribution in [3.63, 3.8) is 0 Å². The highest BCUT2D eigenvalue weighted by atomic mass is 15.2. The van der Waals surface area contributed by atoms with Gasteiger partial charge in [-0.15, -0.1) is 0 Å². The molecule has 2 aromatic carbocycles. The SMILES string of the molecule is Cc1ccc2c(c1)nc(NCc1ccccc1)n2C. The second-order valence-electron chi connectivity index (χ2n) is 4.83. The van der Waals surface area contributed by atoms with E-state index in [0.717, 1.165) is 23.5 Å². The summed E-state index contributed by atoms with van der Waals surface area (Å²) in [5.41, 5.74) is 4.69. The molecule has 3 rings (SSSR count). The molecule has 3 aromatic rings. The van der Waals surface area contributed by atoms with Crippen molar-refractivity contribution in [1.82, 2.24) is 9.55 Å². The summed E-state index contributed by atoms with van der Waals surface area (Å²) >= 11 is 0. The summed E-state index contributed by atoms with van der Waals surface area (Å²) < 4.78 is 2.09. The van der Waals surface area contributed by atoms with E-state index in [-0.39, 0.29) is 0 Å². The molecule has 0 amide bonds. The normalized spacial score (nSPS) is 10.8. The highest BCUT2D eigenvalue weighted by Crippen LogP contribution is 2.19. The molecule has 3 nitrogen and oxygen atoms in total. The fraction of sp³-hybridized carbons (Fsp3) is 0.188. The van der Waals surface area contributed by atoms with Gasteiger partial charge in [0.2, 0.25) is 5.95 Å². The number of rotatable bonds is 3. The summed E-state index contributed by atoms with van der Waals surface area (Å²) in [6, 6.07) is 16.7. The smallest absolute Gasteiger partial charge is 0.203 e. The van der Waals surface area contributed by atoms with Crippen molar-refractivity contribution in [2.45, 2.75) is 13.5 Å². The predicted octanol–water partition coefficient (Wildman–Crippen LogP) is 3.49. The van der Waals surface area contributed by atoms with Crippen molar-refractivity contribution >= 4 is 17.0 Å². The van der Waals surface area contributed by atoms with Crippen LogP contribution in [-0.4, -0.2) is 9.55 Å². The van der Waals surface area contributed by atoms with Crippen molar-refractivity contribution in [3.8, 4) is 0 Å². The molecule has 0 saturated heterocycles. The van der Waals surface area contributed by atoms with Gasteiger partial charge < -0.3 is 9.88 Å². The van der Waals surface area contributed by atoms with Crippen LogP contribution in [0.5, 0.6) is 0 Å². The summed E-state index contributed by atoms with van der Waals surface area (Å²) in [7, 11) is 2.04. The van der Waals surface area contributed by atoms with Gasteiger partial charge in [0.25, 0.3) is 0 Å². The second-order valence-corrected chi connectivity index (χ2v) is 4.83. The molecule has 0 bridgehead atoms. The van der Waals surface area contributed by atoms with Gasteiger partial charge in [-0.2, -0.15) is 0 Å². The van der Waals surface area contributed by atoms with Gasteiger partial charge in [0.15, 0.2) is 0 Å². The van der Waals surface area contributed by atoms with E-state index in [9.17, 15) is 0 Å². The summed E-state index contributed by atoms with van der Waals surface area (Å²) in [6.07, 6.45) is 0. The molecule has 1 aromatic heterocycles. The van der Waals surface area contributed by atoms with E-state index < -0.39 is 0 Å². The van der Waals surface area contributed by atoms with E-state index in [1.165, 1.54) is 11.1 Å². The molecule has 0 saturated carbocycles. The zero-order chi connectivity index (χ0) is 13.2. The van der Waals surface area contributed by atoms with Gasteiger partial charge in [-0.3, -0.25) is 0 Å². The second kappa shape index (κ2) is 4.76. The molecule has 1 heterocycles. The first-order chi connectivity index (χ1) is 9.24. The Hall–Kier alpha value is -2.29. The van der Waals surface area contributed by atoms with E-state index in [2.05, 4.69) is 64.3 Å². The number of nitrogens with zero attached hydrogens (tertiary/aromatic N) is 2. The Balaban J connectivity index is 1.87. The maximum Gasteiger partial charge on any atom is 0.203 e. The van der Waals surface area contributed by atoms with Crippen molar-refractivity contribution in [1.29, 1.82) is 0 Å². The van der Waals surface area contributed by atoms with Crippen LogP contribution >= 0.6 is 0 Å². The molecule has 0 radical (unpaired) electrons. The Morgan fingerprint density at radius 3 is 2.68 bits per heavy atom. The first-order valence-electron chi connectivity index (χ1n) is 6.45. The third-order valence-corrected chi connectivity index (χ3v) is 3.33. The number of fused-ring (bicyclic) bond motifs is 1. The molecular weight excluding hydrogens is 234 g/mol. The van der Waals surface area contributed by atoms with E-state index >= 15 is 0 Å². The fourth-order valence-corrected chi connectivity index (χ4v) is 2.24. The quantitative estimate of drug-likeness (QED) is 0.772. The van der Waals surface area contributed by atoms with E-state index in [4.69, 9.17) is 0 Å². The maximum absolute atomic E-state index is 4.64. The number of benzene rings is 2. The summed E-state index contributed by atoms with van der Waals surface area (Å²) in [4.78, 5) is 4.64. The van der Waals surface area contributed by atoms with Crippen LogP contribution < -0.4 is 5.32 Å². The lowest BCUT2D eigenvalue weighted by Crippen LogP contribution is -2.04. The Morgan fingerprint density at radius 1 is 1.11 bits per heavy atom. The Morgan fingerprint density at radius 2 is 1.89 bits per heavy atom. The molecule has 0 aliphatic rings. The van der Waals surface area contributed by atoms with Gasteiger partial charge in [-0.1, -0.05) is 36.4 Å². The van der Waals surface area contributed by atoms with Gasteiger partial charge in [0.1, 0.15) is 0 Å². The topological polar surface area (TPSA) is 29.9 Å². The standard InChI is InChI=1S/C16H17N3/c1-12-8-9-15-14(10-12)18-16(19(15)2)17-11-13-6-4-3-5-7-13/h3-10H,11H2,1-2H3,(H,17,18). The monoisotopic (exact) mass is 251 g/mol. The summed E-state index contributed by atoms with van der Waals surface area (Å²) in [5, 5.41) is 3.39. The van der Waals surface area contributed by atoms with Crippen LogP contribution in [0.3, 0.4) is 0 Å². The van der Waals surface area contributed by atoms with Crippen molar-refractivity contribution in [2.75, 3.05) is 5.32 Å². The lowest BCUT2D eigenvalue weighted by Gasteiger charge is -2.06. The maximum atomic E-state index is 4.64. The van der Waals surface area contributed by atoms with Gasteiger partial charge in [0, 0.05) is 13.6 Å². The number of hydrogen-bond donors (Lipinski definition) is 1. The van der Waals surface area contributed by atoms with Crippen LogP contribution in [0.2, 0.25) is 0 Å². The van der Waals surface area contributed by atoms with Crippen LogP contribution in [0.4, 0.5) is 5.95 Å². The zero-order valence-electron chi connectivity index (χ0n) is 11.2. The van der Waals surface area contributed by atoms with E-state index in [0.29, 0.717) is 0 Å². The Kier molecular flexibility index (Phi) is 2.95. The predicted molar refractivity (Wildman–Crippen MR) is 79.2 cm³/mol. The highest BCUT2D eigenvalue weighted by molar-refractivity contribution is 5.79. The molecule has 0 spiro atoms. The minimum absolute atomic E-state index is 0.789. The van der Waals surface area contributed by atoms with Crippen LogP contribution in [0, 0.1) is 6.92 Å². The molecule has 0 aliphatic carbocycles. The van der Waals surface area contributed by atoms with E-state index in [1.54, 1.807) is 0 Å². The van der Waals surface area contributed by atoms with Crippen molar-refractivity contribution in [2.24, 2.45) is 7.05 Å². The molecule has 0 fully saturated rings. The van der Waals surface area contributed by atoms with Gasteiger partial charge in [-0.25, -0.2) is 4.98 Å². The first-order valence-corrected chi connectivity index (χ1v) is 6.45. The minimum Gasteiger partial charge on any atom is -0.352 e. The third kappa shape index (κ3) is 2.32. The van der Waals surface area contributed by atoms with Gasteiger partial charge in [0.05, 0.1) is 11.0 Å². The molecule has 19 heavy (non-hydrogen) atoms. The molecule has 1 N–H and O–H groups in total. The molecule has 3 heteroatoms. The number of hydrogen-bond acceptors (Lipinski definition) is 2. The van der Waals surface area contributed by atoms with Crippen LogP contribution in [-0.2, 0) is 13.6 Å². The lowest BCUT2D eigenvalue weighted by atomic mass is 10.2. The van der Waals surface area contributed by atoms with Gasteiger partial charge in [-0.05, 0) is 30.2 Å². The summed E-state index contributed by atoms with van der Waals surface area (Å²) in [5.74, 6) is 0.907. The first kappa shape index (κ1) is 11.8. The van der Waals surface area contributed by atoms with Gasteiger partial charge >= 0.3 is 0 Å². The fourth-order valence-electron chi connectivity index (χ4n) is 2.24. The number of aromatic nitrogens is 2. The zero-order valence-corrected chi connectivity index (χ0v) is 11.2.